The fourth-order valence-corrected chi connectivity index (χ4v) is 4.22. The molecule has 1 atom stereocenters. The second-order valence-electron chi connectivity index (χ2n) is 7.64. The minimum atomic E-state index is -0.459. The van der Waals surface area contributed by atoms with E-state index in [2.05, 4.69) is 9.97 Å². The number of hydrogen-bond acceptors (Lipinski definition) is 6. The summed E-state index contributed by atoms with van der Waals surface area (Å²) in [5.74, 6) is 0.914. The summed E-state index contributed by atoms with van der Waals surface area (Å²) in [6, 6.07) is 11.7. The number of anilines is 2. The van der Waals surface area contributed by atoms with E-state index in [-0.39, 0.29) is 24.1 Å². The summed E-state index contributed by atoms with van der Waals surface area (Å²) in [5.41, 5.74) is 1.74. The Kier molecular flexibility index (Phi) is 4.78. The lowest BCUT2D eigenvalue weighted by Gasteiger charge is -2.20. The number of aliphatic hydroxyl groups is 1. The molecule has 158 valence electrons. The van der Waals surface area contributed by atoms with Crippen LogP contribution in [0.2, 0.25) is 0 Å². The fourth-order valence-electron chi connectivity index (χ4n) is 4.22. The highest BCUT2D eigenvalue weighted by atomic mass is 19.1. The molecular formula is C23H21FN4O3. The summed E-state index contributed by atoms with van der Waals surface area (Å²) in [7, 11) is 1.48. The average molecular weight is 420 g/mol. The number of ether oxygens (including phenoxy) is 1. The maximum absolute atomic E-state index is 14.7. The summed E-state index contributed by atoms with van der Waals surface area (Å²) < 4.78 is 20.1. The fraction of sp³-hybridized carbons (Fsp3) is 0.261. The van der Waals surface area contributed by atoms with E-state index in [0.29, 0.717) is 53.7 Å². The zero-order valence-corrected chi connectivity index (χ0v) is 17.0. The molecule has 1 fully saturated rings. The first kappa shape index (κ1) is 19.4. The van der Waals surface area contributed by atoms with Crippen LogP contribution in [0.3, 0.4) is 0 Å². The first-order valence-corrected chi connectivity index (χ1v) is 10.1. The molecule has 1 N–H and O–H groups in total. The number of fused-ring (bicyclic) bond motifs is 1. The molecule has 2 aliphatic rings. The van der Waals surface area contributed by atoms with Crippen molar-refractivity contribution >= 4 is 17.5 Å². The van der Waals surface area contributed by atoms with Crippen molar-refractivity contribution in [2.24, 2.45) is 0 Å². The SMILES string of the molecule is COc1cccc(F)c1-c1nccc2c1CN(c1cccc(N3CCC(O)C3)n1)C2=O. The van der Waals surface area contributed by atoms with Gasteiger partial charge in [0.25, 0.3) is 5.91 Å². The van der Waals surface area contributed by atoms with Crippen LogP contribution in [0.25, 0.3) is 11.3 Å². The predicted octanol–water partition coefficient (Wildman–Crippen LogP) is 3.02. The number of aromatic nitrogens is 2. The van der Waals surface area contributed by atoms with Crippen molar-refractivity contribution in [1.29, 1.82) is 0 Å². The molecule has 2 aliphatic heterocycles. The third kappa shape index (κ3) is 3.29. The molecule has 1 aromatic carbocycles. The first-order chi connectivity index (χ1) is 15.1. The molecule has 5 rings (SSSR count). The molecule has 1 amide bonds. The number of rotatable bonds is 4. The van der Waals surface area contributed by atoms with Crippen LogP contribution in [-0.2, 0) is 6.54 Å². The topological polar surface area (TPSA) is 78.8 Å². The van der Waals surface area contributed by atoms with Crippen molar-refractivity contribution < 1.29 is 19.0 Å². The van der Waals surface area contributed by atoms with Crippen molar-refractivity contribution in [2.45, 2.75) is 19.1 Å². The van der Waals surface area contributed by atoms with Crippen molar-refractivity contribution in [3.63, 3.8) is 0 Å². The molecule has 0 saturated carbocycles. The molecule has 0 radical (unpaired) electrons. The van der Waals surface area contributed by atoms with Gasteiger partial charge in [-0.1, -0.05) is 12.1 Å². The molecular weight excluding hydrogens is 399 g/mol. The van der Waals surface area contributed by atoms with Gasteiger partial charge in [-0.2, -0.15) is 0 Å². The van der Waals surface area contributed by atoms with Crippen LogP contribution >= 0.6 is 0 Å². The Morgan fingerprint density at radius 3 is 2.74 bits per heavy atom. The molecule has 1 saturated heterocycles. The molecule has 2 aromatic heterocycles. The van der Waals surface area contributed by atoms with Gasteiger partial charge in [-0.25, -0.2) is 9.37 Å². The van der Waals surface area contributed by atoms with E-state index < -0.39 is 5.82 Å². The largest absolute Gasteiger partial charge is 0.496 e. The Morgan fingerprint density at radius 2 is 1.97 bits per heavy atom. The van der Waals surface area contributed by atoms with Crippen molar-refractivity contribution in [3.05, 3.63) is 65.6 Å². The predicted molar refractivity (Wildman–Crippen MR) is 114 cm³/mol. The monoisotopic (exact) mass is 420 g/mol. The summed E-state index contributed by atoms with van der Waals surface area (Å²) in [6.45, 7) is 1.46. The lowest BCUT2D eigenvalue weighted by atomic mass is 10.0. The van der Waals surface area contributed by atoms with E-state index in [1.807, 2.05) is 17.0 Å². The van der Waals surface area contributed by atoms with Crippen LogP contribution < -0.4 is 14.5 Å². The molecule has 4 heterocycles. The van der Waals surface area contributed by atoms with Crippen molar-refractivity contribution in [2.75, 3.05) is 30.0 Å². The Bertz CT molecular complexity index is 1170. The van der Waals surface area contributed by atoms with E-state index in [1.165, 1.54) is 19.4 Å². The van der Waals surface area contributed by atoms with Gasteiger partial charge in [-0.15, -0.1) is 0 Å². The zero-order chi connectivity index (χ0) is 21.5. The molecule has 0 bridgehead atoms. The molecule has 1 unspecified atom stereocenters. The Hall–Kier alpha value is -3.52. The Balaban J connectivity index is 1.53. The summed E-state index contributed by atoms with van der Waals surface area (Å²) in [6.07, 6.45) is 1.84. The molecule has 7 nitrogen and oxygen atoms in total. The summed E-state index contributed by atoms with van der Waals surface area (Å²) >= 11 is 0. The number of halogens is 1. The van der Waals surface area contributed by atoms with E-state index >= 15 is 0 Å². The van der Waals surface area contributed by atoms with Gasteiger partial charge in [0.2, 0.25) is 0 Å². The van der Waals surface area contributed by atoms with Crippen LogP contribution in [0.1, 0.15) is 22.3 Å². The number of benzene rings is 1. The molecule has 8 heteroatoms. The number of carbonyl (C=O) groups excluding carboxylic acids is 1. The maximum Gasteiger partial charge on any atom is 0.260 e. The lowest BCUT2D eigenvalue weighted by Crippen LogP contribution is -2.26. The highest BCUT2D eigenvalue weighted by Crippen LogP contribution is 2.38. The number of β-amino-alcohol motifs (C(OH)–C–C–N with tert-alkyl or cyclic N) is 1. The van der Waals surface area contributed by atoms with Crippen molar-refractivity contribution in [3.8, 4) is 17.0 Å². The van der Waals surface area contributed by atoms with Crippen molar-refractivity contribution in [1.82, 2.24) is 9.97 Å². The van der Waals surface area contributed by atoms with Gasteiger partial charge in [-0.3, -0.25) is 14.7 Å². The number of aliphatic hydroxyl groups excluding tert-OH is 1. The van der Waals surface area contributed by atoms with E-state index in [4.69, 9.17) is 4.74 Å². The van der Waals surface area contributed by atoms with E-state index in [0.717, 1.165) is 0 Å². The maximum atomic E-state index is 14.7. The second-order valence-corrected chi connectivity index (χ2v) is 7.64. The quantitative estimate of drug-likeness (QED) is 0.699. The summed E-state index contributed by atoms with van der Waals surface area (Å²) in [5, 5.41) is 9.82. The van der Waals surface area contributed by atoms with Gasteiger partial charge >= 0.3 is 0 Å². The van der Waals surface area contributed by atoms with Crippen LogP contribution in [0.5, 0.6) is 5.75 Å². The normalized spacial score (nSPS) is 17.9. The number of methoxy groups -OCH3 is 1. The van der Waals surface area contributed by atoms with Gasteiger partial charge in [-0.05, 0) is 36.8 Å². The van der Waals surface area contributed by atoms with Gasteiger partial charge < -0.3 is 14.7 Å². The van der Waals surface area contributed by atoms with E-state index in [9.17, 15) is 14.3 Å². The lowest BCUT2D eigenvalue weighted by molar-refractivity contribution is 0.0996. The highest BCUT2D eigenvalue weighted by Gasteiger charge is 2.34. The number of pyridine rings is 2. The number of hydrogen-bond donors (Lipinski definition) is 1. The molecule has 0 spiro atoms. The number of nitrogens with zero attached hydrogens (tertiary/aromatic N) is 4. The Morgan fingerprint density at radius 1 is 1.16 bits per heavy atom. The molecule has 3 aromatic rings. The number of carbonyl (C=O) groups is 1. The average Bonchev–Trinajstić information content (AvgIpc) is 3.37. The van der Waals surface area contributed by atoms with Crippen LogP contribution in [0, 0.1) is 5.82 Å². The summed E-state index contributed by atoms with van der Waals surface area (Å²) in [4.78, 5) is 25.8. The first-order valence-electron chi connectivity index (χ1n) is 10.1. The van der Waals surface area contributed by atoms with Gasteiger partial charge in [0.05, 0.1) is 31.0 Å². The molecule has 31 heavy (non-hydrogen) atoms. The second kappa shape index (κ2) is 7.63. The minimum absolute atomic E-state index is 0.208. The van der Waals surface area contributed by atoms with Gasteiger partial charge in [0.15, 0.2) is 0 Å². The number of amides is 1. The third-order valence-electron chi connectivity index (χ3n) is 5.76. The van der Waals surface area contributed by atoms with Crippen LogP contribution in [-0.4, -0.2) is 47.3 Å². The zero-order valence-electron chi connectivity index (χ0n) is 17.0. The van der Waals surface area contributed by atoms with E-state index in [1.54, 1.807) is 29.2 Å². The third-order valence-corrected chi connectivity index (χ3v) is 5.76. The highest BCUT2D eigenvalue weighted by molar-refractivity contribution is 6.10. The standard InChI is InChI=1S/C23H21FN4O3/c1-31-18-5-2-4-17(24)21(18)22-16-13-28(23(30)15(16)8-10-25-22)20-7-3-6-19(26-20)27-11-9-14(29)12-27/h2-8,10,14,29H,9,11-13H2,1H3. The van der Waals surface area contributed by atoms with Crippen LogP contribution in [0.15, 0.2) is 48.7 Å². The Labute approximate surface area is 178 Å². The minimum Gasteiger partial charge on any atom is -0.496 e. The van der Waals surface area contributed by atoms with Gasteiger partial charge in [0.1, 0.15) is 23.2 Å². The molecule has 0 aliphatic carbocycles. The van der Waals surface area contributed by atoms with Crippen LogP contribution in [0.4, 0.5) is 16.0 Å². The van der Waals surface area contributed by atoms with Gasteiger partial charge in [0, 0.05) is 30.4 Å². The smallest absolute Gasteiger partial charge is 0.260 e.